The third-order valence-corrected chi connectivity index (χ3v) is 4.09. The van der Waals surface area contributed by atoms with Gasteiger partial charge in [-0.2, -0.15) is 0 Å². The molecular formula is C18H24N2O3. The number of nitrogens with one attached hydrogen (secondary N) is 1. The summed E-state index contributed by atoms with van der Waals surface area (Å²) in [6.07, 6.45) is 1.89. The maximum Gasteiger partial charge on any atom is 0.220 e. The number of amides is 1. The lowest BCUT2D eigenvalue weighted by molar-refractivity contribution is -0.122. The minimum Gasteiger partial charge on any atom is -0.394 e. The number of aromatic nitrogens is 1. The summed E-state index contributed by atoms with van der Waals surface area (Å²) in [5.41, 5.74) is 3.95. The summed E-state index contributed by atoms with van der Waals surface area (Å²) in [5, 5.41) is 16.3. The normalized spacial score (nSPS) is 12.2. The second-order valence-corrected chi connectivity index (χ2v) is 5.70. The first kappa shape index (κ1) is 17.2. The molecule has 0 radical (unpaired) electrons. The first-order valence-corrected chi connectivity index (χ1v) is 7.96. The standard InChI is InChI=1S/C18H24N2O3/c1-4-14-5-7-15(8-6-14)17(11-21)19-18(22)10-9-16-12(2)20-23-13(16)3/h5-8,17,21H,4,9-11H2,1-3H3,(H,19,22). The van der Waals surface area contributed by atoms with Crippen molar-refractivity contribution in [1.82, 2.24) is 10.5 Å². The van der Waals surface area contributed by atoms with Crippen molar-refractivity contribution >= 4 is 5.91 Å². The van der Waals surface area contributed by atoms with Gasteiger partial charge >= 0.3 is 0 Å². The Morgan fingerprint density at radius 3 is 2.52 bits per heavy atom. The van der Waals surface area contributed by atoms with Crippen molar-refractivity contribution in [2.24, 2.45) is 0 Å². The second kappa shape index (κ2) is 7.92. The van der Waals surface area contributed by atoms with Gasteiger partial charge in [0.25, 0.3) is 0 Å². The zero-order valence-corrected chi connectivity index (χ0v) is 13.9. The number of carbonyl (C=O) groups is 1. The molecule has 1 heterocycles. The Kier molecular flexibility index (Phi) is 5.93. The molecule has 0 aliphatic carbocycles. The molecule has 2 aromatic rings. The first-order chi connectivity index (χ1) is 11.0. The third kappa shape index (κ3) is 4.42. The van der Waals surface area contributed by atoms with Gasteiger partial charge in [-0.25, -0.2) is 0 Å². The molecule has 1 aromatic carbocycles. The van der Waals surface area contributed by atoms with Gasteiger partial charge in [0.2, 0.25) is 5.91 Å². The van der Waals surface area contributed by atoms with E-state index in [1.54, 1.807) is 0 Å². The zero-order valence-electron chi connectivity index (χ0n) is 13.9. The van der Waals surface area contributed by atoms with Crippen LogP contribution in [0.25, 0.3) is 0 Å². The number of rotatable bonds is 7. The van der Waals surface area contributed by atoms with Gasteiger partial charge in [-0.15, -0.1) is 0 Å². The smallest absolute Gasteiger partial charge is 0.220 e. The van der Waals surface area contributed by atoms with Crippen LogP contribution in [-0.2, 0) is 17.6 Å². The number of carbonyl (C=O) groups excluding carboxylic acids is 1. The zero-order chi connectivity index (χ0) is 16.8. The molecule has 1 unspecified atom stereocenters. The van der Waals surface area contributed by atoms with E-state index in [9.17, 15) is 9.90 Å². The van der Waals surface area contributed by atoms with Crippen molar-refractivity contribution in [2.45, 2.75) is 46.1 Å². The van der Waals surface area contributed by atoms with E-state index in [1.807, 2.05) is 38.1 Å². The summed E-state index contributed by atoms with van der Waals surface area (Å²) >= 11 is 0. The Morgan fingerprint density at radius 2 is 2.00 bits per heavy atom. The summed E-state index contributed by atoms with van der Waals surface area (Å²) in [4.78, 5) is 12.2. The Hall–Kier alpha value is -2.14. The van der Waals surface area contributed by atoms with Crippen LogP contribution in [0.4, 0.5) is 0 Å². The van der Waals surface area contributed by atoms with E-state index >= 15 is 0 Å². The molecule has 0 aliphatic heterocycles. The molecule has 1 amide bonds. The molecule has 2 N–H and O–H groups in total. The van der Waals surface area contributed by atoms with Gasteiger partial charge in [0.1, 0.15) is 5.76 Å². The fraction of sp³-hybridized carbons (Fsp3) is 0.444. The molecule has 0 bridgehead atoms. The maximum atomic E-state index is 12.2. The van der Waals surface area contributed by atoms with Crippen molar-refractivity contribution in [3.8, 4) is 0 Å². The number of aliphatic hydroxyl groups excluding tert-OH is 1. The molecule has 0 fully saturated rings. The van der Waals surface area contributed by atoms with Crippen LogP contribution in [0.2, 0.25) is 0 Å². The van der Waals surface area contributed by atoms with Gasteiger partial charge in [-0.05, 0) is 37.8 Å². The van der Waals surface area contributed by atoms with Crippen LogP contribution in [0, 0.1) is 13.8 Å². The monoisotopic (exact) mass is 316 g/mol. The van der Waals surface area contributed by atoms with Crippen molar-refractivity contribution in [3.05, 3.63) is 52.4 Å². The lowest BCUT2D eigenvalue weighted by Crippen LogP contribution is -2.31. The van der Waals surface area contributed by atoms with E-state index in [2.05, 4.69) is 17.4 Å². The van der Waals surface area contributed by atoms with Gasteiger partial charge in [0.15, 0.2) is 0 Å². The fourth-order valence-electron chi connectivity index (χ4n) is 2.58. The maximum absolute atomic E-state index is 12.2. The van der Waals surface area contributed by atoms with Crippen LogP contribution in [0.1, 0.15) is 47.5 Å². The van der Waals surface area contributed by atoms with Crippen LogP contribution in [0.3, 0.4) is 0 Å². The number of aliphatic hydroxyl groups is 1. The summed E-state index contributed by atoms with van der Waals surface area (Å²) in [6, 6.07) is 7.57. The number of hydrogen-bond acceptors (Lipinski definition) is 4. The van der Waals surface area contributed by atoms with E-state index < -0.39 is 0 Å². The lowest BCUT2D eigenvalue weighted by atomic mass is 10.0. The molecule has 1 atom stereocenters. The predicted molar refractivity (Wildman–Crippen MR) is 88.1 cm³/mol. The fourth-order valence-corrected chi connectivity index (χ4v) is 2.58. The average Bonchev–Trinajstić information content (AvgIpc) is 2.89. The van der Waals surface area contributed by atoms with Crippen LogP contribution in [-0.4, -0.2) is 22.8 Å². The minimum absolute atomic E-state index is 0.0939. The van der Waals surface area contributed by atoms with Gasteiger partial charge in [-0.1, -0.05) is 36.3 Å². The van der Waals surface area contributed by atoms with Crippen molar-refractivity contribution in [1.29, 1.82) is 0 Å². The Bertz CT molecular complexity index is 627. The molecule has 2 rings (SSSR count). The minimum atomic E-state index is -0.377. The lowest BCUT2D eigenvalue weighted by Gasteiger charge is -2.17. The molecule has 5 nitrogen and oxygen atoms in total. The van der Waals surface area contributed by atoms with Gasteiger partial charge < -0.3 is 14.9 Å². The quantitative estimate of drug-likeness (QED) is 0.823. The molecule has 1 aromatic heterocycles. The van der Waals surface area contributed by atoms with E-state index in [1.165, 1.54) is 5.56 Å². The van der Waals surface area contributed by atoms with Gasteiger partial charge in [-0.3, -0.25) is 4.79 Å². The van der Waals surface area contributed by atoms with Crippen LogP contribution < -0.4 is 5.32 Å². The van der Waals surface area contributed by atoms with E-state index in [0.717, 1.165) is 29.0 Å². The average molecular weight is 316 g/mol. The van der Waals surface area contributed by atoms with Crippen LogP contribution in [0.5, 0.6) is 0 Å². The van der Waals surface area contributed by atoms with Crippen LogP contribution >= 0.6 is 0 Å². The van der Waals surface area contributed by atoms with Crippen LogP contribution in [0.15, 0.2) is 28.8 Å². The van der Waals surface area contributed by atoms with E-state index in [4.69, 9.17) is 4.52 Å². The van der Waals surface area contributed by atoms with Gasteiger partial charge in [0.05, 0.1) is 18.3 Å². The van der Waals surface area contributed by atoms with Gasteiger partial charge in [0, 0.05) is 12.0 Å². The predicted octanol–water partition coefficient (Wildman–Crippen LogP) is 2.64. The highest BCUT2D eigenvalue weighted by Gasteiger charge is 2.15. The molecule has 5 heteroatoms. The van der Waals surface area contributed by atoms with E-state index in [-0.39, 0.29) is 18.6 Å². The summed E-state index contributed by atoms with van der Waals surface area (Å²) in [7, 11) is 0. The molecule has 124 valence electrons. The largest absolute Gasteiger partial charge is 0.394 e. The summed E-state index contributed by atoms with van der Waals surface area (Å²) in [6.45, 7) is 5.69. The molecule has 0 saturated carbocycles. The molecule has 23 heavy (non-hydrogen) atoms. The number of benzene rings is 1. The molecule has 0 saturated heterocycles. The summed E-state index contributed by atoms with van der Waals surface area (Å²) < 4.78 is 5.10. The summed E-state index contributed by atoms with van der Waals surface area (Å²) in [5.74, 6) is 0.660. The Labute approximate surface area is 136 Å². The number of nitrogens with zero attached hydrogens (tertiary/aromatic N) is 1. The first-order valence-electron chi connectivity index (χ1n) is 7.96. The highest BCUT2D eigenvalue weighted by molar-refractivity contribution is 5.76. The number of hydrogen-bond donors (Lipinski definition) is 2. The van der Waals surface area contributed by atoms with Crippen molar-refractivity contribution in [2.75, 3.05) is 6.61 Å². The Balaban J connectivity index is 1.94. The highest BCUT2D eigenvalue weighted by atomic mass is 16.5. The molecule has 0 aliphatic rings. The third-order valence-electron chi connectivity index (χ3n) is 4.09. The second-order valence-electron chi connectivity index (χ2n) is 5.70. The molecular weight excluding hydrogens is 292 g/mol. The SMILES string of the molecule is CCc1ccc(C(CO)NC(=O)CCc2c(C)noc2C)cc1. The Morgan fingerprint density at radius 1 is 1.30 bits per heavy atom. The highest BCUT2D eigenvalue weighted by Crippen LogP contribution is 2.16. The number of aryl methyl sites for hydroxylation is 3. The molecule has 0 spiro atoms. The van der Waals surface area contributed by atoms with E-state index in [0.29, 0.717) is 12.8 Å². The van der Waals surface area contributed by atoms with Crippen molar-refractivity contribution < 1.29 is 14.4 Å². The van der Waals surface area contributed by atoms with Crippen molar-refractivity contribution in [3.63, 3.8) is 0 Å². The topological polar surface area (TPSA) is 75.4 Å².